The highest BCUT2D eigenvalue weighted by atomic mass is 35.5. The first kappa shape index (κ1) is 15.4. The molecule has 2 N–H and O–H groups in total. The topological polar surface area (TPSA) is 37.0 Å². The van der Waals surface area contributed by atoms with Crippen LogP contribution in [-0.4, -0.2) is 12.0 Å². The zero-order valence-corrected chi connectivity index (χ0v) is 11.5. The van der Waals surface area contributed by atoms with Crippen molar-refractivity contribution in [3.63, 3.8) is 0 Å². The third-order valence-corrected chi connectivity index (χ3v) is 2.76. The van der Waals surface area contributed by atoms with Gasteiger partial charge in [0, 0.05) is 17.8 Å². The molecule has 0 saturated carbocycles. The van der Waals surface area contributed by atoms with Crippen molar-refractivity contribution < 1.29 is 17.6 Å². The first-order valence-corrected chi connectivity index (χ1v) is 6.16. The number of hydrogen-bond acceptors (Lipinski definition) is 3. The Morgan fingerprint density at radius 2 is 1.71 bits per heavy atom. The average Bonchev–Trinajstić information content (AvgIpc) is 2.36. The molecular weight excluding hydrogens is 310 g/mol. The Morgan fingerprint density at radius 1 is 1.05 bits per heavy atom. The van der Waals surface area contributed by atoms with Gasteiger partial charge in [0.25, 0.3) is 0 Å². The summed E-state index contributed by atoms with van der Waals surface area (Å²) in [5.41, 5.74) is -0.666. The SMILES string of the molecule is CNc1cc(C(F)(F)F)cc(Nc2cc(F)cc(Cl)c2)n1. The van der Waals surface area contributed by atoms with Crippen molar-refractivity contribution in [2.45, 2.75) is 6.18 Å². The zero-order chi connectivity index (χ0) is 15.6. The number of halogens is 5. The number of nitrogens with zero attached hydrogens (tertiary/aromatic N) is 1. The smallest absolute Gasteiger partial charge is 0.373 e. The minimum atomic E-state index is -4.51. The molecule has 1 heterocycles. The summed E-state index contributed by atoms with van der Waals surface area (Å²) in [7, 11) is 1.45. The van der Waals surface area contributed by atoms with Crippen LogP contribution in [0.25, 0.3) is 0 Å². The van der Waals surface area contributed by atoms with E-state index in [9.17, 15) is 17.6 Å². The van der Waals surface area contributed by atoms with Crippen LogP contribution in [0.15, 0.2) is 30.3 Å². The van der Waals surface area contributed by atoms with E-state index in [1.807, 2.05) is 0 Å². The number of nitrogens with one attached hydrogen (secondary N) is 2. The third-order valence-electron chi connectivity index (χ3n) is 2.54. The highest BCUT2D eigenvalue weighted by Gasteiger charge is 2.31. The Bertz CT molecular complexity index is 638. The molecule has 0 spiro atoms. The first-order chi connectivity index (χ1) is 9.77. The van der Waals surface area contributed by atoms with Crippen LogP contribution >= 0.6 is 11.6 Å². The molecule has 0 amide bonds. The van der Waals surface area contributed by atoms with Crippen LogP contribution in [0.1, 0.15) is 5.56 Å². The molecule has 0 unspecified atom stereocenters. The van der Waals surface area contributed by atoms with E-state index in [1.54, 1.807) is 0 Å². The quantitative estimate of drug-likeness (QED) is 0.807. The molecule has 1 aromatic carbocycles. The van der Waals surface area contributed by atoms with Crippen LogP contribution in [0.3, 0.4) is 0 Å². The highest BCUT2D eigenvalue weighted by molar-refractivity contribution is 6.30. The van der Waals surface area contributed by atoms with Gasteiger partial charge < -0.3 is 10.6 Å². The predicted octanol–water partition coefficient (Wildman–Crippen LogP) is 4.68. The molecule has 1 aromatic heterocycles. The summed E-state index contributed by atoms with van der Waals surface area (Å²) in [6, 6.07) is 5.28. The minimum Gasteiger partial charge on any atom is -0.373 e. The number of aromatic nitrogens is 1. The van der Waals surface area contributed by atoms with E-state index < -0.39 is 17.6 Å². The standard InChI is InChI=1S/C13H10ClF4N3/c1-19-11-2-7(13(16,17)18)3-12(21-11)20-10-5-8(14)4-9(15)6-10/h2-6H,1H3,(H2,19,20,21). The molecule has 0 radical (unpaired) electrons. The van der Waals surface area contributed by atoms with Gasteiger partial charge in [-0.2, -0.15) is 13.2 Å². The fraction of sp³-hybridized carbons (Fsp3) is 0.154. The van der Waals surface area contributed by atoms with Crippen molar-refractivity contribution in [2.24, 2.45) is 0 Å². The molecule has 0 atom stereocenters. The van der Waals surface area contributed by atoms with E-state index in [2.05, 4.69) is 15.6 Å². The largest absolute Gasteiger partial charge is 0.416 e. The van der Waals surface area contributed by atoms with Crippen LogP contribution in [-0.2, 0) is 6.18 Å². The van der Waals surface area contributed by atoms with Crippen molar-refractivity contribution in [1.82, 2.24) is 4.98 Å². The number of rotatable bonds is 3. The molecule has 0 bridgehead atoms. The first-order valence-electron chi connectivity index (χ1n) is 5.78. The highest BCUT2D eigenvalue weighted by Crippen LogP contribution is 2.33. The summed E-state index contributed by atoms with van der Waals surface area (Å²) in [6.07, 6.45) is -4.51. The van der Waals surface area contributed by atoms with Gasteiger partial charge in [-0.1, -0.05) is 11.6 Å². The van der Waals surface area contributed by atoms with Crippen molar-refractivity contribution in [1.29, 1.82) is 0 Å². The van der Waals surface area contributed by atoms with E-state index in [-0.39, 0.29) is 22.3 Å². The molecule has 0 aliphatic rings. The van der Waals surface area contributed by atoms with Gasteiger partial charge in [0.15, 0.2) is 0 Å². The zero-order valence-electron chi connectivity index (χ0n) is 10.7. The lowest BCUT2D eigenvalue weighted by Gasteiger charge is -2.12. The lowest BCUT2D eigenvalue weighted by atomic mass is 10.2. The lowest BCUT2D eigenvalue weighted by Crippen LogP contribution is -2.08. The van der Waals surface area contributed by atoms with Gasteiger partial charge in [0.1, 0.15) is 17.5 Å². The van der Waals surface area contributed by atoms with Gasteiger partial charge in [-0.25, -0.2) is 9.37 Å². The summed E-state index contributed by atoms with van der Waals surface area (Å²) in [5.74, 6) is -0.642. The second-order valence-corrected chi connectivity index (χ2v) is 4.59. The van der Waals surface area contributed by atoms with Gasteiger partial charge in [-0.05, 0) is 30.3 Å². The van der Waals surface area contributed by atoms with E-state index >= 15 is 0 Å². The Morgan fingerprint density at radius 3 is 2.29 bits per heavy atom. The fourth-order valence-electron chi connectivity index (χ4n) is 1.66. The lowest BCUT2D eigenvalue weighted by molar-refractivity contribution is -0.137. The van der Waals surface area contributed by atoms with Gasteiger partial charge in [-0.3, -0.25) is 0 Å². The number of pyridine rings is 1. The Labute approximate surface area is 123 Å². The summed E-state index contributed by atoms with van der Waals surface area (Å²) in [5, 5.41) is 5.26. The second-order valence-electron chi connectivity index (χ2n) is 4.16. The number of alkyl halides is 3. The molecule has 0 aliphatic carbocycles. The summed E-state index contributed by atoms with van der Waals surface area (Å²) in [6.45, 7) is 0. The molecule has 8 heteroatoms. The van der Waals surface area contributed by atoms with E-state index in [0.717, 1.165) is 24.3 Å². The average molecular weight is 320 g/mol. The van der Waals surface area contributed by atoms with E-state index in [0.29, 0.717) is 0 Å². The predicted molar refractivity (Wildman–Crippen MR) is 73.5 cm³/mol. The maximum Gasteiger partial charge on any atom is 0.416 e. The van der Waals surface area contributed by atoms with Crippen LogP contribution in [0.5, 0.6) is 0 Å². The van der Waals surface area contributed by atoms with Crippen LogP contribution in [0.2, 0.25) is 5.02 Å². The van der Waals surface area contributed by atoms with Crippen molar-refractivity contribution in [2.75, 3.05) is 17.7 Å². The number of anilines is 3. The number of hydrogen-bond donors (Lipinski definition) is 2. The molecule has 2 rings (SSSR count). The van der Waals surface area contributed by atoms with Crippen LogP contribution in [0.4, 0.5) is 34.9 Å². The van der Waals surface area contributed by atoms with E-state index in [1.165, 1.54) is 13.1 Å². The second kappa shape index (κ2) is 5.77. The Kier molecular flexibility index (Phi) is 4.22. The van der Waals surface area contributed by atoms with Crippen molar-refractivity contribution in [3.8, 4) is 0 Å². The molecule has 112 valence electrons. The summed E-state index contributed by atoms with van der Waals surface area (Å²) in [4.78, 5) is 3.93. The third kappa shape index (κ3) is 3.98. The minimum absolute atomic E-state index is 0.0369. The van der Waals surface area contributed by atoms with Crippen molar-refractivity contribution in [3.05, 3.63) is 46.7 Å². The van der Waals surface area contributed by atoms with E-state index in [4.69, 9.17) is 11.6 Å². The Balaban J connectivity index is 2.39. The summed E-state index contributed by atoms with van der Waals surface area (Å²) < 4.78 is 51.6. The fourth-order valence-corrected chi connectivity index (χ4v) is 1.88. The molecule has 21 heavy (non-hydrogen) atoms. The molecular formula is C13H10ClF4N3. The molecule has 0 fully saturated rings. The van der Waals surface area contributed by atoms with Crippen LogP contribution < -0.4 is 10.6 Å². The molecule has 3 nitrogen and oxygen atoms in total. The number of benzene rings is 1. The van der Waals surface area contributed by atoms with Gasteiger partial charge in [-0.15, -0.1) is 0 Å². The van der Waals surface area contributed by atoms with Crippen LogP contribution in [0, 0.1) is 5.82 Å². The van der Waals surface area contributed by atoms with Gasteiger partial charge in [0.05, 0.1) is 5.56 Å². The van der Waals surface area contributed by atoms with Gasteiger partial charge >= 0.3 is 6.18 Å². The molecule has 0 aliphatic heterocycles. The summed E-state index contributed by atoms with van der Waals surface area (Å²) >= 11 is 5.69. The monoisotopic (exact) mass is 319 g/mol. The normalized spacial score (nSPS) is 11.3. The molecule has 2 aromatic rings. The van der Waals surface area contributed by atoms with Crippen molar-refractivity contribution >= 4 is 28.9 Å². The Hall–Kier alpha value is -2.02. The molecule has 0 saturated heterocycles. The maximum atomic E-state index is 13.2. The maximum absolute atomic E-state index is 13.2. The van der Waals surface area contributed by atoms with Gasteiger partial charge in [0.2, 0.25) is 0 Å².